The maximum atomic E-state index is 5.96. The van der Waals surface area contributed by atoms with Crippen LogP contribution in [-0.4, -0.2) is 10.2 Å². The summed E-state index contributed by atoms with van der Waals surface area (Å²) in [5.74, 6) is 1.78. The Bertz CT molecular complexity index is 995. The van der Waals surface area contributed by atoms with Gasteiger partial charge in [0.1, 0.15) is 5.75 Å². The van der Waals surface area contributed by atoms with Crippen LogP contribution in [0.4, 0.5) is 0 Å². The molecule has 4 nitrogen and oxygen atoms in total. The molecule has 0 unspecified atom stereocenters. The molecule has 0 aliphatic carbocycles. The van der Waals surface area contributed by atoms with Crippen LogP contribution in [0.15, 0.2) is 46.9 Å². The number of benzene rings is 2. The topological polar surface area (TPSA) is 48.2 Å². The summed E-state index contributed by atoms with van der Waals surface area (Å²) in [6, 6.07) is 14.8. The number of nitrogens with zero attached hydrogens (tertiary/aromatic N) is 2. The van der Waals surface area contributed by atoms with Crippen molar-refractivity contribution in [2.24, 2.45) is 0 Å². The zero-order chi connectivity index (χ0) is 23.0. The molecule has 4 heteroatoms. The Hall–Kier alpha value is -2.62. The van der Waals surface area contributed by atoms with Crippen molar-refractivity contribution in [2.45, 2.75) is 85.2 Å². The van der Waals surface area contributed by atoms with E-state index in [9.17, 15) is 0 Å². The molecule has 3 aromatic rings. The lowest BCUT2D eigenvalue weighted by Crippen LogP contribution is -2.16. The maximum Gasteiger partial charge on any atom is 0.254 e. The first-order valence-corrected chi connectivity index (χ1v) is 11.0. The van der Waals surface area contributed by atoms with Gasteiger partial charge in [-0.05, 0) is 57.2 Å². The van der Waals surface area contributed by atoms with Crippen molar-refractivity contribution in [1.29, 1.82) is 0 Å². The highest BCUT2D eigenvalue weighted by Gasteiger charge is 2.22. The minimum Gasteiger partial charge on any atom is -0.484 e. The Morgan fingerprint density at radius 2 is 1.19 bits per heavy atom. The predicted molar refractivity (Wildman–Crippen MR) is 127 cm³/mol. The lowest BCUT2D eigenvalue weighted by atomic mass is 9.79. The van der Waals surface area contributed by atoms with Gasteiger partial charge in [-0.3, -0.25) is 0 Å². The third-order valence-corrected chi connectivity index (χ3v) is 5.46. The molecule has 0 atom stereocenters. The van der Waals surface area contributed by atoms with E-state index in [1.807, 2.05) is 12.1 Å². The molecule has 0 aliphatic rings. The Kier molecular flexibility index (Phi) is 6.05. The monoisotopic (exact) mass is 420 g/mol. The van der Waals surface area contributed by atoms with Gasteiger partial charge in [0.2, 0.25) is 5.89 Å². The van der Waals surface area contributed by atoms with Crippen molar-refractivity contribution < 1.29 is 9.15 Å². The van der Waals surface area contributed by atoms with Crippen molar-refractivity contribution in [1.82, 2.24) is 10.2 Å². The summed E-state index contributed by atoms with van der Waals surface area (Å²) in [6.07, 6.45) is 0. The largest absolute Gasteiger partial charge is 0.484 e. The fraction of sp³-hybridized carbons (Fsp3) is 0.481. The SMILES string of the molecule is CC(C)(C)c1ccc(OCc2nnc(-c3cc(C(C)(C)C)cc(C(C)(C)C)c3)o2)cc1. The first-order chi connectivity index (χ1) is 14.2. The molecule has 3 rings (SSSR count). The molecule has 166 valence electrons. The molecule has 0 radical (unpaired) electrons. The zero-order valence-corrected chi connectivity index (χ0v) is 20.5. The fourth-order valence-corrected chi connectivity index (χ4v) is 3.24. The van der Waals surface area contributed by atoms with Crippen LogP contribution in [0, 0.1) is 0 Å². The second kappa shape index (κ2) is 8.14. The molecule has 0 spiro atoms. The highest BCUT2D eigenvalue weighted by molar-refractivity contribution is 5.57. The van der Waals surface area contributed by atoms with Crippen LogP contribution >= 0.6 is 0 Å². The molecular weight excluding hydrogens is 384 g/mol. The number of ether oxygens (including phenoxy) is 1. The number of aromatic nitrogens is 2. The van der Waals surface area contributed by atoms with Crippen LogP contribution in [0.2, 0.25) is 0 Å². The van der Waals surface area contributed by atoms with Gasteiger partial charge in [-0.15, -0.1) is 10.2 Å². The Morgan fingerprint density at radius 1 is 0.677 bits per heavy atom. The average Bonchev–Trinajstić information content (AvgIpc) is 3.13. The van der Waals surface area contributed by atoms with E-state index in [1.165, 1.54) is 16.7 Å². The van der Waals surface area contributed by atoms with Crippen LogP contribution in [0.5, 0.6) is 5.75 Å². The standard InChI is InChI=1S/C27H36N2O2/c1-25(2,3)19-10-12-22(13-11-19)30-17-23-28-29-24(31-23)18-14-20(26(4,5)6)16-21(15-18)27(7,8)9/h10-16H,17H2,1-9H3. The molecule has 0 amide bonds. The Morgan fingerprint density at radius 3 is 1.68 bits per heavy atom. The van der Waals surface area contributed by atoms with Gasteiger partial charge in [0, 0.05) is 5.56 Å². The summed E-state index contributed by atoms with van der Waals surface area (Å²) in [5.41, 5.74) is 4.91. The molecule has 1 aromatic heterocycles. The summed E-state index contributed by atoms with van der Waals surface area (Å²) in [4.78, 5) is 0. The van der Waals surface area contributed by atoms with Gasteiger partial charge in [-0.2, -0.15) is 0 Å². The van der Waals surface area contributed by atoms with Crippen LogP contribution in [0.25, 0.3) is 11.5 Å². The fourth-order valence-electron chi connectivity index (χ4n) is 3.24. The molecule has 0 saturated carbocycles. The average molecular weight is 421 g/mol. The summed E-state index contributed by atoms with van der Waals surface area (Å²) in [7, 11) is 0. The molecule has 31 heavy (non-hydrogen) atoms. The number of hydrogen-bond acceptors (Lipinski definition) is 4. The Balaban J connectivity index is 1.80. The molecule has 0 saturated heterocycles. The van der Waals surface area contributed by atoms with Crippen LogP contribution in [0.1, 0.15) is 84.9 Å². The van der Waals surface area contributed by atoms with Gasteiger partial charge in [0.15, 0.2) is 6.61 Å². The molecule has 0 N–H and O–H groups in total. The van der Waals surface area contributed by atoms with E-state index in [0.717, 1.165) is 11.3 Å². The van der Waals surface area contributed by atoms with Gasteiger partial charge < -0.3 is 9.15 Å². The van der Waals surface area contributed by atoms with Gasteiger partial charge in [-0.25, -0.2) is 0 Å². The quantitative estimate of drug-likeness (QED) is 0.447. The smallest absolute Gasteiger partial charge is 0.254 e. The van der Waals surface area contributed by atoms with Gasteiger partial charge >= 0.3 is 0 Å². The van der Waals surface area contributed by atoms with E-state index in [1.54, 1.807) is 0 Å². The molecule has 0 fully saturated rings. The third kappa shape index (κ3) is 5.75. The van der Waals surface area contributed by atoms with E-state index in [4.69, 9.17) is 9.15 Å². The lowest BCUT2D eigenvalue weighted by Gasteiger charge is -2.25. The van der Waals surface area contributed by atoms with E-state index in [-0.39, 0.29) is 22.9 Å². The normalized spacial score (nSPS) is 12.8. The van der Waals surface area contributed by atoms with E-state index < -0.39 is 0 Å². The molecule has 0 bridgehead atoms. The van der Waals surface area contributed by atoms with Crippen molar-refractivity contribution in [3.05, 3.63) is 65.0 Å². The molecule has 1 heterocycles. The summed E-state index contributed by atoms with van der Waals surface area (Å²) >= 11 is 0. The van der Waals surface area contributed by atoms with E-state index >= 15 is 0 Å². The van der Waals surface area contributed by atoms with E-state index in [2.05, 4.69) is 103 Å². The van der Waals surface area contributed by atoms with Gasteiger partial charge in [0.25, 0.3) is 5.89 Å². The second-order valence-electron chi connectivity index (χ2n) is 11.4. The minimum absolute atomic E-state index is 0.0290. The minimum atomic E-state index is 0.0290. The third-order valence-electron chi connectivity index (χ3n) is 5.46. The van der Waals surface area contributed by atoms with Crippen LogP contribution in [-0.2, 0) is 22.9 Å². The second-order valence-corrected chi connectivity index (χ2v) is 11.4. The van der Waals surface area contributed by atoms with Crippen molar-refractivity contribution in [3.8, 4) is 17.2 Å². The first kappa shape index (κ1) is 23.1. The van der Waals surface area contributed by atoms with Crippen molar-refractivity contribution in [3.63, 3.8) is 0 Å². The molecule has 0 aliphatic heterocycles. The zero-order valence-electron chi connectivity index (χ0n) is 20.5. The summed E-state index contributed by atoms with van der Waals surface area (Å²) < 4.78 is 11.8. The Labute approximate surface area is 187 Å². The summed E-state index contributed by atoms with van der Waals surface area (Å²) in [5, 5.41) is 8.50. The maximum absolute atomic E-state index is 5.96. The molecular formula is C27H36N2O2. The number of rotatable bonds is 4. The van der Waals surface area contributed by atoms with Gasteiger partial charge in [0.05, 0.1) is 0 Å². The summed E-state index contributed by atoms with van der Waals surface area (Å²) in [6.45, 7) is 20.1. The van der Waals surface area contributed by atoms with E-state index in [0.29, 0.717) is 11.8 Å². The van der Waals surface area contributed by atoms with Crippen LogP contribution in [0.3, 0.4) is 0 Å². The van der Waals surface area contributed by atoms with Crippen molar-refractivity contribution in [2.75, 3.05) is 0 Å². The highest BCUT2D eigenvalue weighted by atomic mass is 16.5. The highest BCUT2D eigenvalue weighted by Crippen LogP contribution is 2.33. The van der Waals surface area contributed by atoms with Crippen LogP contribution < -0.4 is 4.74 Å². The van der Waals surface area contributed by atoms with Gasteiger partial charge in [-0.1, -0.05) is 80.5 Å². The first-order valence-electron chi connectivity index (χ1n) is 11.0. The lowest BCUT2D eigenvalue weighted by molar-refractivity contribution is 0.264. The molecule has 2 aromatic carbocycles. The predicted octanol–water partition coefficient (Wildman–Crippen LogP) is 7.21. The number of hydrogen-bond donors (Lipinski definition) is 0. The van der Waals surface area contributed by atoms with Crippen molar-refractivity contribution >= 4 is 0 Å².